The summed E-state index contributed by atoms with van der Waals surface area (Å²) in [6.45, 7) is 14.8. The van der Waals surface area contributed by atoms with E-state index in [9.17, 15) is 5.26 Å². The van der Waals surface area contributed by atoms with Crippen LogP contribution in [0.15, 0.2) is 96.6 Å². The molecule has 3 aromatic rings. The van der Waals surface area contributed by atoms with E-state index in [1.54, 1.807) is 0 Å². The highest BCUT2D eigenvalue weighted by Crippen LogP contribution is 2.70. The number of benzene rings is 3. The molecule has 1 spiro atoms. The average Bonchev–Trinajstić information content (AvgIpc) is 3.09. The van der Waals surface area contributed by atoms with Gasteiger partial charge < -0.3 is 8.85 Å². The molecule has 2 saturated carbocycles. The molecule has 47 heavy (non-hydrogen) atoms. The zero-order chi connectivity index (χ0) is 33.3. The van der Waals surface area contributed by atoms with Crippen LogP contribution in [-0.4, -0.2) is 23.2 Å². The van der Waals surface area contributed by atoms with Crippen molar-refractivity contribution in [1.82, 2.24) is 0 Å². The number of hydrogen-bond acceptors (Lipinski definition) is 3. The molecular formula is C42H55NO2Si2. The maximum Gasteiger partial charge on any atom is 0.261 e. The smallest absolute Gasteiger partial charge is 0.261 e. The Morgan fingerprint density at radius 3 is 1.98 bits per heavy atom. The van der Waals surface area contributed by atoms with E-state index in [-0.39, 0.29) is 10.5 Å². The van der Waals surface area contributed by atoms with Crippen LogP contribution in [-0.2, 0) is 14.5 Å². The fourth-order valence-electron chi connectivity index (χ4n) is 10.3. The third-order valence-electron chi connectivity index (χ3n) is 12.7. The molecule has 0 radical (unpaired) electrons. The molecule has 0 amide bonds. The van der Waals surface area contributed by atoms with Gasteiger partial charge in [-0.05, 0) is 94.2 Å². The maximum absolute atomic E-state index is 10.5. The van der Waals surface area contributed by atoms with Crippen LogP contribution in [0.2, 0.25) is 23.2 Å². The first kappa shape index (κ1) is 34.1. The topological polar surface area (TPSA) is 42.2 Å². The van der Waals surface area contributed by atoms with Gasteiger partial charge in [0.2, 0.25) is 0 Å². The first-order chi connectivity index (χ1) is 22.7. The van der Waals surface area contributed by atoms with Crippen molar-refractivity contribution in [3.05, 3.63) is 108 Å². The Labute approximate surface area is 286 Å². The van der Waals surface area contributed by atoms with Gasteiger partial charge in [0.1, 0.15) is 5.60 Å². The van der Waals surface area contributed by atoms with Gasteiger partial charge in [0.15, 0.2) is 8.32 Å². The van der Waals surface area contributed by atoms with E-state index >= 15 is 0 Å². The SMILES string of the molecule is CC[Si](CC)(CC)OC12CCCC3(/C1=C/C#N)C(CO[Si](c1ccccc1)(c1ccccc1)C(C)(C)C)CCCC3c1ccccc12. The van der Waals surface area contributed by atoms with E-state index < -0.39 is 22.2 Å². The molecule has 3 aromatic carbocycles. The Hall–Kier alpha value is -2.76. The summed E-state index contributed by atoms with van der Waals surface area (Å²) in [7, 11) is -4.78. The normalized spacial score (nSPS) is 26.7. The van der Waals surface area contributed by atoms with Crippen LogP contribution < -0.4 is 10.4 Å². The van der Waals surface area contributed by atoms with Gasteiger partial charge in [-0.3, -0.25) is 0 Å². The Morgan fingerprint density at radius 2 is 1.40 bits per heavy atom. The second kappa shape index (κ2) is 13.3. The van der Waals surface area contributed by atoms with Gasteiger partial charge in [-0.25, -0.2) is 0 Å². The lowest BCUT2D eigenvalue weighted by Crippen LogP contribution is -2.67. The number of rotatable bonds is 10. The number of allylic oxidation sites excluding steroid dienone is 1. The van der Waals surface area contributed by atoms with E-state index in [1.807, 2.05) is 6.08 Å². The number of fused-ring (bicyclic) bond motifs is 4. The van der Waals surface area contributed by atoms with E-state index in [1.165, 1.54) is 33.5 Å². The minimum Gasteiger partial charge on any atom is -0.407 e. The molecule has 248 valence electrons. The molecule has 3 aliphatic rings. The summed E-state index contributed by atoms with van der Waals surface area (Å²) in [4.78, 5) is 0. The van der Waals surface area contributed by atoms with Gasteiger partial charge in [-0.15, -0.1) is 0 Å². The predicted molar refractivity (Wildman–Crippen MR) is 200 cm³/mol. The molecular weight excluding hydrogens is 607 g/mol. The van der Waals surface area contributed by atoms with Gasteiger partial charge in [-0.2, -0.15) is 5.26 Å². The van der Waals surface area contributed by atoms with Gasteiger partial charge in [0.05, 0.1) is 6.07 Å². The van der Waals surface area contributed by atoms with Crippen LogP contribution >= 0.6 is 0 Å². The first-order valence-corrected chi connectivity index (χ1v) is 22.8. The Morgan fingerprint density at radius 1 is 0.809 bits per heavy atom. The molecule has 4 atom stereocenters. The lowest BCUT2D eigenvalue weighted by molar-refractivity contribution is -0.0512. The summed E-state index contributed by atoms with van der Waals surface area (Å²) in [5.41, 5.74) is 3.43. The third kappa shape index (κ3) is 5.35. The lowest BCUT2D eigenvalue weighted by Gasteiger charge is -2.64. The maximum atomic E-state index is 10.5. The van der Waals surface area contributed by atoms with E-state index in [0.29, 0.717) is 18.4 Å². The van der Waals surface area contributed by atoms with Crippen LogP contribution in [0.1, 0.15) is 97.1 Å². The van der Waals surface area contributed by atoms with Crippen molar-refractivity contribution in [2.24, 2.45) is 11.3 Å². The summed E-state index contributed by atoms with van der Waals surface area (Å²) >= 11 is 0. The number of nitriles is 1. The highest BCUT2D eigenvalue weighted by molar-refractivity contribution is 6.99. The molecule has 2 bridgehead atoms. The molecule has 4 unspecified atom stereocenters. The Bertz CT molecular complexity index is 1560. The molecule has 3 aliphatic carbocycles. The van der Waals surface area contributed by atoms with Crippen molar-refractivity contribution in [1.29, 1.82) is 5.26 Å². The van der Waals surface area contributed by atoms with E-state index in [2.05, 4.69) is 133 Å². The van der Waals surface area contributed by atoms with E-state index in [0.717, 1.165) is 50.2 Å². The zero-order valence-electron chi connectivity index (χ0n) is 29.6. The van der Waals surface area contributed by atoms with Crippen molar-refractivity contribution in [3.63, 3.8) is 0 Å². The minimum absolute atomic E-state index is 0.0834. The van der Waals surface area contributed by atoms with E-state index in [4.69, 9.17) is 8.85 Å². The fraction of sp³-hybridized carbons (Fsp3) is 0.500. The summed E-state index contributed by atoms with van der Waals surface area (Å²) in [5, 5.41) is 13.1. The molecule has 5 heteroatoms. The Kier molecular flexibility index (Phi) is 9.64. The minimum atomic E-state index is -2.73. The highest BCUT2D eigenvalue weighted by atomic mass is 28.4. The van der Waals surface area contributed by atoms with Crippen molar-refractivity contribution in [2.45, 2.75) is 115 Å². The van der Waals surface area contributed by atoms with Crippen molar-refractivity contribution in [3.8, 4) is 6.07 Å². The lowest BCUT2D eigenvalue weighted by atomic mass is 9.44. The van der Waals surface area contributed by atoms with Gasteiger partial charge in [0.25, 0.3) is 8.32 Å². The summed E-state index contributed by atoms with van der Waals surface area (Å²) < 4.78 is 15.5. The predicted octanol–water partition coefficient (Wildman–Crippen LogP) is 10.00. The molecule has 0 heterocycles. The van der Waals surface area contributed by atoms with Crippen LogP contribution in [0.5, 0.6) is 0 Å². The number of nitrogens with zero attached hydrogens (tertiary/aromatic N) is 1. The Balaban J connectivity index is 1.53. The second-order valence-corrected chi connectivity index (χ2v) is 24.5. The van der Waals surface area contributed by atoms with Gasteiger partial charge >= 0.3 is 0 Å². The van der Waals surface area contributed by atoms with Crippen LogP contribution in [0, 0.1) is 22.7 Å². The van der Waals surface area contributed by atoms with Crippen molar-refractivity contribution < 1.29 is 8.85 Å². The summed E-state index contributed by atoms with van der Waals surface area (Å²) in [6, 6.07) is 37.2. The molecule has 0 aliphatic heterocycles. The third-order valence-corrected chi connectivity index (χ3v) is 22.3. The molecule has 6 rings (SSSR count). The van der Waals surface area contributed by atoms with Gasteiger partial charge in [0, 0.05) is 18.1 Å². The molecule has 3 nitrogen and oxygen atoms in total. The monoisotopic (exact) mass is 661 g/mol. The number of hydrogen-bond donors (Lipinski definition) is 0. The molecule has 0 aromatic heterocycles. The highest BCUT2D eigenvalue weighted by Gasteiger charge is 2.64. The summed E-state index contributed by atoms with van der Waals surface area (Å²) in [5.74, 6) is 0.679. The summed E-state index contributed by atoms with van der Waals surface area (Å²) in [6.07, 6.45) is 8.59. The molecule has 2 fully saturated rings. The van der Waals surface area contributed by atoms with Crippen LogP contribution in [0.3, 0.4) is 0 Å². The van der Waals surface area contributed by atoms with Crippen LogP contribution in [0.25, 0.3) is 0 Å². The average molecular weight is 662 g/mol. The first-order valence-electron chi connectivity index (χ1n) is 18.3. The largest absolute Gasteiger partial charge is 0.407 e. The molecule has 0 N–H and O–H groups in total. The van der Waals surface area contributed by atoms with Crippen LogP contribution in [0.4, 0.5) is 0 Å². The zero-order valence-corrected chi connectivity index (χ0v) is 31.6. The van der Waals surface area contributed by atoms with Crippen molar-refractivity contribution in [2.75, 3.05) is 6.61 Å². The fourth-order valence-corrected chi connectivity index (χ4v) is 17.9. The molecule has 0 saturated heterocycles. The standard InChI is InChI=1S/C42H55NO2Si2/c1-7-46(8-2,9-3)45-42-30-19-29-41(39(42)28-31-43)33(20-18-27-37(41)36-25-16-17-26-38(36)42)32-44-47(40(4,5)6,34-21-12-10-13-22-34)35-23-14-11-15-24-35/h10-17,21-26,28,33,37H,7-9,18-20,27,29-30,32H2,1-6H3/b39-28-. The van der Waals surface area contributed by atoms with Crippen molar-refractivity contribution >= 4 is 27.0 Å². The van der Waals surface area contributed by atoms with Gasteiger partial charge in [-0.1, -0.05) is 133 Å². The quantitative estimate of drug-likeness (QED) is 0.160. The second-order valence-electron chi connectivity index (χ2n) is 15.5.